The van der Waals surface area contributed by atoms with E-state index in [1.807, 2.05) is 6.07 Å². The first-order chi connectivity index (χ1) is 10.2. The molecule has 1 fully saturated rings. The lowest BCUT2D eigenvalue weighted by Crippen LogP contribution is -2.34. The minimum absolute atomic E-state index is 0.0493. The van der Waals surface area contributed by atoms with Crippen LogP contribution in [0.15, 0.2) is 30.3 Å². The predicted octanol–water partition coefficient (Wildman–Crippen LogP) is 1.25. The van der Waals surface area contributed by atoms with Crippen LogP contribution in [0.2, 0.25) is 0 Å². The summed E-state index contributed by atoms with van der Waals surface area (Å²) in [4.78, 5) is 11.8. The lowest BCUT2D eigenvalue weighted by atomic mass is 10.2. The highest BCUT2D eigenvalue weighted by Crippen LogP contribution is 2.17. The van der Waals surface area contributed by atoms with E-state index in [2.05, 4.69) is 0 Å². The monoisotopic (exact) mass is 296 g/mol. The molecule has 0 saturated carbocycles. The SMILES string of the molecule is COCC(OC)C1COC(COC(=O)c2ccccc2)O1. The molecule has 1 aromatic rings. The fourth-order valence-electron chi connectivity index (χ4n) is 2.05. The minimum atomic E-state index is -0.572. The van der Waals surface area contributed by atoms with Crippen molar-refractivity contribution in [2.75, 3.05) is 34.0 Å². The number of methoxy groups -OCH3 is 2. The molecular weight excluding hydrogens is 276 g/mol. The van der Waals surface area contributed by atoms with Crippen LogP contribution in [0.1, 0.15) is 10.4 Å². The average Bonchev–Trinajstić information content (AvgIpc) is 3.00. The Bertz CT molecular complexity index is 435. The molecule has 0 spiro atoms. The zero-order chi connectivity index (χ0) is 15.1. The maximum absolute atomic E-state index is 11.8. The maximum Gasteiger partial charge on any atom is 0.338 e. The number of carbonyl (C=O) groups excluding carboxylic acids is 1. The van der Waals surface area contributed by atoms with Gasteiger partial charge in [-0.1, -0.05) is 18.2 Å². The van der Waals surface area contributed by atoms with Gasteiger partial charge >= 0.3 is 5.97 Å². The molecule has 1 saturated heterocycles. The van der Waals surface area contributed by atoms with E-state index in [0.717, 1.165) is 0 Å². The van der Waals surface area contributed by atoms with Gasteiger partial charge < -0.3 is 23.7 Å². The van der Waals surface area contributed by atoms with Crippen molar-refractivity contribution >= 4 is 5.97 Å². The van der Waals surface area contributed by atoms with Crippen LogP contribution in [0, 0.1) is 0 Å². The lowest BCUT2D eigenvalue weighted by molar-refractivity contribution is -0.119. The molecule has 1 aromatic carbocycles. The normalized spacial score (nSPS) is 23.0. The second-order valence-corrected chi connectivity index (χ2v) is 4.63. The van der Waals surface area contributed by atoms with Crippen molar-refractivity contribution in [2.45, 2.75) is 18.5 Å². The zero-order valence-corrected chi connectivity index (χ0v) is 12.2. The summed E-state index contributed by atoms with van der Waals surface area (Å²) in [5.41, 5.74) is 0.501. The summed E-state index contributed by atoms with van der Waals surface area (Å²) in [7, 11) is 3.19. The zero-order valence-electron chi connectivity index (χ0n) is 12.2. The van der Waals surface area contributed by atoms with E-state index in [1.54, 1.807) is 38.5 Å². The molecule has 21 heavy (non-hydrogen) atoms. The fourth-order valence-corrected chi connectivity index (χ4v) is 2.05. The number of carbonyl (C=O) groups is 1. The predicted molar refractivity (Wildman–Crippen MR) is 74.0 cm³/mol. The molecule has 0 radical (unpaired) electrons. The molecule has 0 bridgehead atoms. The Labute approximate surface area is 123 Å². The average molecular weight is 296 g/mol. The van der Waals surface area contributed by atoms with Crippen LogP contribution in [-0.2, 0) is 23.7 Å². The summed E-state index contributed by atoms with van der Waals surface area (Å²) in [5.74, 6) is -0.397. The van der Waals surface area contributed by atoms with E-state index in [0.29, 0.717) is 18.8 Å². The molecule has 0 amide bonds. The van der Waals surface area contributed by atoms with Crippen molar-refractivity contribution < 1.29 is 28.5 Å². The largest absolute Gasteiger partial charge is 0.457 e. The Morgan fingerprint density at radius 1 is 1.33 bits per heavy atom. The minimum Gasteiger partial charge on any atom is -0.457 e. The Morgan fingerprint density at radius 2 is 2.10 bits per heavy atom. The van der Waals surface area contributed by atoms with Crippen LogP contribution in [0.5, 0.6) is 0 Å². The summed E-state index contributed by atoms with van der Waals surface area (Å²) in [6.07, 6.45) is -1.00. The molecule has 116 valence electrons. The molecule has 3 unspecified atom stereocenters. The molecule has 1 aliphatic heterocycles. The van der Waals surface area contributed by atoms with Crippen LogP contribution < -0.4 is 0 Å². The van der Waals surface area contributed by atoms with Gasteiger partial charge in [0.25, 0.3) is 0 Å². The molecule has 2 rings (SSSR count). The lowest BCUT2D eigenvalue weighted by Gasteiger charge is -2.20. The molecular formula is C15H20O6. The van der Waals surface area contributed by atoms with Crippen molar-refractivity contribution in [3.8, 4) is 0 Å². The first-order valence-electron chi connectivity index (χ1n) is 6.75. The van der Waals surface area contributed by atoms with Gasteiger partial charge in [-0.15, -0.1) is 0 Å². The van der Waals surface area contributed by atoms with Gasteiger partial charge in [0.1, 0.15) is 18.8 Å². The summed E-state index contributed by atoms with van der Waals surface area (Å²) in [6.45, 7) is 0.851. The Kier molecular flexibility index (Phi) is 6.13. The van der Waals surface area contributed by atoms with Crippen molar-refractivity contribution in [3.63, 3.8) is 0 Å². The smallest absolute Gasteiger partial charge is 0.338 e. The standard InChI is InChI=1S/C15H20O6/c1-17-8-12(18-2)13-9-19-14(21-13)10-20-15(16)11-6-4-3-5-7-11/h3-7,12-14H,8-10H2,1-2H3. The van der Waals surface area contributed by atoms with Crippen molar-refractivity contribution in [3.05, 3.63) is 35.9 Å². The van der Waals surface area contributed by atoms with E-state index < -0.39 is 12.3 Å². The van der Waals surface area contributed by atoms with E-state index in [4.69, 9.17) is 23.7 Å². The van der Waals surface area contributed by atoms with Gasteiger partial charge in [-0.3, -0.25) is 0 Å². The number of esters is 1. The van der Waals surface area contributed by atoms with Crippen molar-refractivity contribution in [1.29, 1.82) is 0 Å². The number of benzene rings is 1. The van der Waals surface area contributed by atoms with Gasteiger partial charge in [0.2, 0.25) is 0 Å². The van der Waals surface area contributed by atoms with Gasteiger partial charge in [-0.2, -0.15) is 0 Å². The molecule has 0 aromatic heterocycles. The van der Waals surface area contributed by atoms with Crippen LogP contribution >= 0.6 is 0 Å². The summed E-state index contributed by atoms with van der Waals surface area (Å²) in [5, 5.41) is 0. The molecule has 6 heteroatoms. The molecule has 0 aliphatic carbocycles. The second-order valence-electron chi connectivity index (χ2n) is 4.63. The highest BCUT2D eigenvalue weighted by Gasteiger charge is 2.33. The van der Waals surface area contributed by atoms with Gasteiger partial charge in [0, 0.05) is 14.2 Å². The molecule has 1 aliphatic rings. The summed E-state index contributed by atoms with van der Waals surface area (Å²) < 4.78 is 26.6. The third-order valence-electron chi connectivity index (χ3n) is 3.18. The van der Waals surface area contributed by atoms with Crippen LogP contribution in [-0.4, -0.2) is 58.5 Å². The number of hydrogen-bond donors (Lipinski definition) is 0. The highest BCUT2D eigenvalue weighted by molar-refractivity contribution is 5.89. The second kappa shape index (κ2) is 8.09. The van der Waals surface area contributed by atoms with E-state index >= 15 is 0 Å². The first kappa shape index (κ1) is 15.9. The van der Waals surface area contributed by atoms with Gasteiger partial charge in [-0.05, 0) is 12.1 Å². The van der Waals surface area contributed by atoms with Crippen LogP contribution in [0.4, 0.5) is 0 Å². The number of rotatable bonds is 7. The Hall–Kier alpha value is -1.47. The van der Waals surface area contributed by atoms with Crippen molar-refractivity contribution in [2.24, 2.45) is 0 Å². The molecule has 0 N–H and O–H groups in total. The van der Waals surface area contributed by atoms with Gasteiger partial charge in [0.15, 0.2) is 6.29 Å². The summed E-state index contributed by atoms with van der Waals surface area (Å²) in [6, 6.07) is 8.79. The Morgan fingerprint density at radius 3 is 2.76 bits per heavy atom. The maximum atomic E-state index is 11.8. The Balaban J connectivity index is 1.77. The fraction of sp³-hybridized carbons (Fsp3) is 0.533. The van der Waals surface area contributed by atoms with E-state index in [-0.39, 0.29) is 18.8 Å². The summed E-state index contributed by atoms with van der Waals surface area (Å²) >= 11 is 0. The van der Waals surface area contributed by atoms with Crippen LogP contribution in [0.3, 0.4) is 0 Å². The quantitative estimate of drug-likeness (QED) is 0.706. The third-order valence-corrected chi connectivity index (χ3v) is 3.18. The number of hydrogen-bond acceptors (Lipinski definition) is 6. The van der Waals surface area contributed by atoms with Gasteiger partial charge in [0.05, 0.1) is 18.8 Å². The highest BCUT2D eigenvalue weighted by atomic mass is 16.7. The van der Waals surface area contributed by atoms with Crippen molar-refractivity contribution in [1.82, 2.24) is 0 Å². The van der Waals surface area contributed by atoms with E-state index in [1.165, 1.54) is 0 Å². The van der Waals surface area contributed by atoms with Crippen LogP contribution in [0.25, 0.3) is 0 Å². The first-order valence-corrected chi connectivity index (χ1v) is 6.75. The topological polar surface area (TPSA) is 63.2 Å². The molecule has 3 atom stereocenters. The molecule has 1 heterocycles. The number of ether oxygens (including phenoxy) is 5. The van der Waals surface area contributed by atoms with Gasteiger partial charge in [-0.25, -0.2) is 4.79 Å². The van der Waals surface area contributed by atoms with E-state index in [9.17, 15) is 4.79 Å². The third kappa shape index (κ3) is 4.50. The molecule has 6 nitrogen and oxygen atoms in total.